The number of anilines is 1. The monoisotopic (exact) mass is 563 g/mol. The molecule has 2 fully saturated rings. The van der Waals surface area contributed by atoms with E-state index in [-0.39, 0.29) is 41.2 Å². The van der Waals surface area contributed by atoms with E-state index in [4.69, 9.17) is 4.74 Å². The van der Waals surface area contributed by atoms with Gasteiger partial charge in [0.25, 0.3) is 0 Å². The molecule has 2 aliphatic rings. The van der Waals surface area contributed by atoms with E-state index in [0.29, 0.717) is 46.4 Å². The first-order valence-electron chi connectivity index (χ1n) is 13.1. The summed E-state index contributed by atoms with van der Waals surface area (Å²) in [6.07, 6.45) is 0.571. The van der Waals surface area contributed by atoms with Crippen LogP contribution < -0.4 is 10.1 Å². The predicted molar refractivity (Wildman–Crippen MR) is 143 cm³/mol. The third-order valence-electron chi connectivity index (χ3n) is 7.18. The van der Waals surface area contributed by atoms with Gasteiger partial charge in [0.2, 0.25) is 11.8 Å². The summed E-state index contributed by atoms with van der Waals surface area (Å²) < 4.78 is 58.7. The molecule has 4 atom stereocenters. The quantitative estimate of drug-likeness (QED) is 0.287. The summed E-state index contributed by atoms with van der Waals surface area (Å²) in [6, 6.07) is 9.84. The second-order valence-electron chi connectivity index (χ2n) is 10.2. The van der Waals surface area contributed by atoms with Crippen molar-refractivity contribution in [1.29, 1.82) is 0 Å². The lowest BCUT2D eigenvalue weighted by atomic mass is 9.87. The average Bonchev–Trinajstić information content (AvgIpc) is 3.61. The van der Waals surface area contributed by atoms with Crippen molar-refractivity contribution in [3.05, 3.63) is 42.0 Å². The van der Waals surface area contributed by atoms with Crippen LogP contribution in [0.4, 0.5) is 13.9 Å². The van der Waals surface area contributed by atoms with Gasteiger partial charge in [-0.2, -0.15) is 0 Å². The molecule has 3 aromatic rings. The molecule has 0 unspecified atom stereocenters. The second-order valence-corrected chi connectivity index (χ2v) is 13.4. The number of benzene rings is 1. The van der Waals surface area contributed by atoms with Crippen LogP contribution in [0.2, 0.25) is 0 Å². The van der Waals surface area contributed by atoms with Gasteiger partial charge in [0.1, 0.15) is 22.7 Å². The van der Waals surface area contributed by atoms with Crippen LogP contribution in [0.25, 0.3) is 10.3 Å². The number of hydrogen-bond donors (Lipinski definition) is 1. The third-order valence-corrected chi connectivity index (χ3v) is 10.3. The highest BCUT2D eigenvalue weighted by atomic mass is 32.2. The van der Waals surface area contributed by atoms with E-state index in [1.165, 1.54) is 23.5 Å². The molecular formula is C27H31F2N3O4S2. The van der Waals surface area contributed by atoms with E-state index in [2.05, 4.69) is 22.2 Å². The molecule has 2 saturated carbocycles. The van der Waals surface area contributed by atoms with Gasteiger partial charge in [0.15, 0.2) is 15.0 Å². The minimum Gasteiger partial charge on any atom is -0.478 e. The highest BCUT2D eigenvalue weighted by molar-refractivity contribution is 7.92. The smallest absolute Gasteiger partial charge is 0.233 e. The van der Waals surface area contributed by atoms with Crippen molar-refractivity contribution >= 4 is 42.6 Å². The Bertz CT molecular complexity index is 1380. The van der Waals surface area contributed by atoms with E-state index in [0.717, 1.165) is 12.8 Å². The van der Waals surface area contributed by atoms with Gasteiger partial charge in [-0.15, -0.1) is 0 Å². The lowest BCUT2D eigenvalue weighted by Crippen LogP contribution is -2.23. The number of nitrogens with one attached hydrogen (secondary N) is 1. The Hall–Kier alpha value is -2.66. The summed E-state index contributed by atoms with van der Waals surface area (Å²) >= 11 is 1.22. The average molecular weight is 564 g/mol. The van der Waals surface area contributed by atoms with Crippen LogP contribution >= 0.6 is 11.3 Å². The minimum absolute atomic E-state index is 0.0605. The maximum atomic E-state index is 13.9. The zero-order chi connectivity index (χ0) is 26.9. The first-order valence-corrected chi connectivity index (χ1v) is 15.4. The molecule has 38 heavy (non-hydrogen) atoms. The number of sulfone groups is 1. The SMILES string of the molecule is CCCCOc1ccc2nc(NC(=O)[C@H](C[C@H]3C[C@@H](F)[C@@H](F)C3)c3ccc(S(=O)(=O)C4CC4)cc3)sc2n1. The molecule has 1 N–H and O–H groups in total. The normalized spacial score (nSPS) is 22.4. The number of carbonyl (C=O) groups is 1. The molecule has 0 saturated heterocycles. The summed E-state index contributed by atoms with van der Waals surface area (Å²) in [5.41, 5.74) is 1.22. The molecule has 0 bridgehead atoms. The zero-order valence-electron chi connectivity index (χ0n) is 21.1. The van der Waals surface area contributed by atoms with Gasteiger partial charge < -0.3 is 10.1 Å². The number of pyridine rings is 1. The van der Waals surface area contributed by atoms with Gasteiger partial charge in [-0.05, 0) is 68.2 Å². The third kappa shape index (κ3) is 5.98. The Labute approximate surface area is 224 Å². The van der Waals surface area contributed by atoms with Gasteiger partial charge in [0.05, 0.1) is 22.7 Å². The van der Waals surface area contributed by atoms with E-state index < -0.39 is 28.1 Å². The number of carbonyl (C=O) groups excluding carboxylic acids is 1. The number of halogens is 2. The number of alkyl halides is 2. The summed E-state index contributed by atoms with van der Waals surface area (Å²) in [6.45, 7) is 2.65. The first-order chi connectivity index (χ1) is 18.2. The Morgan fingerprint density at radius 2 is 1.82 bits per heavy atom. The van der Waals surface area contributed by atoms with Crippen molar-refractivity contribution in [3.8, 4) is 5.88 Å². The predicted octanol–water partition coefficient (Wildman–Crippen LogP) is 6.00. The lowest BCUT2D eigenvalue weighted by molar-refractivity contribution is -0.118. The molecule has 2 aromatic heterocycles. The number of nitrogens with zero attached hydrogens (tertiary/aromatic N) is 2. The van der Waals surface area contributed by atoms with Crippen molar-refractivity contribution in [2.45, 2.75) is 80.3 Å². The molecule has 1 aromatic carbocycles. The Morgan fingerprint density at radius 1 is 1.11 bits per heavy atom. The van der Waals surface area contributed by atoms with Gasteiger partial charge >= 0.3 is 0 Å². The number of thiazole rings is 1. The molecule has 0 radical (unpaired) electrons. The fraction of sp³-hybridized carbons (Fsp3) is 0.519. The van der Waals surface area contributed by atoms with Crippen molar-refractivity contribution in [2.24, 2.45) is 5.92 Å². The lowest BCUT2D eigenvalue weighted by Gasteiger charge is -2.20. The molecule has 5 rings (SSSR count). The number of fused-ring (bicyclic) bond motifs is 1. The number of ether oxygens (including phenoxy) is 1. The van der Waals surface area contributed by atoms with Gasteiger partial charge in [0, 0.05) is 6.07 Å². The molecule has 0 spiro atoms. The van der Waals surface area contributed by atoms with E-state index in [1.807, 2.05) is 0 Å². The van der Waals surface area contributed by atoms with Crippen molar-refractivity contribution < 1.29 is 26.7 Å². The van der Waals surface area contributed by atoms with Crippen molar-refractivity contribution in [2.75, 3.05) is 11.9 Å². The molecule has 2 aliphatic carbocycles. The van der Waals surface area contributed by atoms with E-state index in [9.17, 15) is 22.0 Å². The highest BCUT2D eigenvalue weighted by Crippen LogP contribution is 2.39. The molecular weight excluding hydrogens is 532 g/mol. The van der Waals surface area contributed by atoms with E-state index in [1.54, 1.807) is 24.3 Å². The zero-order valence-corrected chi connectivity index (χ0v) is 22.7. The van der Waals surface area contributed by atoms with Crippen LogP contribution in [-0.2, 0) is 14.6 Å². The van der Waals surface area contributed by atoms with Gasteiger partial charge in [-0.25, -0.2) is 27.2 Å². The molecule has 204 valence electrons. The summed E-state index contributed by atoms with van der Waals surface area (Å²) in [5, 5.41) is 2.88. The Morgan fingerprint density at radius 3 is 2.47 bits per heavy atom. The number of aromatic nitrogens is 2. The number of hydrogen-bond acceptors (Lipinski definition) is 7. The fourth-order valence-electron chi connectivity index (χ4n) is 4.86. The largest absolute Gasteiger partial charge is 0.478 e. The summed E-state index contributed by atoms with van der Waals surface area (Å²) in [7, 11) is -3.37. The standard InChI is InChI=1S/C27H31F2N3O4S2/c1-2-3-12-36-24-11-10-23-26(31-24)37-27(30-23)32-25(33)20(13-16-14-21(28)22(29)15-16)17-4-6-18(7-5-17)38(34,35)19-8-9-19/h4-7,10-11,16,19-22H,2-3,8-9,12-15H2,1H3,(H,30,32,33)/t16-,20-,21+,22-/m1/s1. The fourth-order valence-corrected chi connectivity index (χ4v) is 7.35. The van der Waals surface area contributed by atoms with Crippen LogP contribution in [0.1, 0.15) is 63.4 Å². The first kappa shape index (κ1) is 26.9. The number of unbranched alkanes of at least 4 members (excludes halogenated alkanes) is 1. The second kappa shape index (κ2) is 11.2. The maximum Gasteiger partial charge on any atom is 0.233 e. The molecule has 1 amide bonds. The Kier molecular flexibility index (Phi) is 7.95. The number of rotatable bonds is 11. The van der Waals surface area contributed by atoms with Gasteiger partial charge in [-0.1, -0.05) is 36.8 Å². The topological polar surface area (TPSA) is 98.2 Å². The van der Waals surface area contributed by atoms with Crippen LogP contribution in [0.3, 0.4) is 0 Å². The van der Waals surface area contributed by atoms with E-state index >= 15 is 0 Å². The Balaban J connectivity index is 1.35. The van der Waals surface area contributed by atoms with Crippen molar-refractivity contribution in [1.82, 2.24) is 9.97 Å². The number of amides is 1. The van der Waals surface area contributed by atoms with Crippen LogP contribution in [0, 0.1) is 5.92 Å². The van der Waals surface area contributed by atoms with Crippen LogP contribution in [0.15, 0.2) is 41.3 Å². The molecule has 7 nitrogen and oxygen atoms in total. The summed E-state index contributed by atoms with van der Waals surface area (Å²) in [4.78, 5) is 23.3. The highest BCUT2D eigenvalue weighted by Gasteiger charge is 2.39. The minimum atomic E-state index is -3.37. The molecule has 11 heteroatoms. The van der Waals surface area contributed by atoms with Crippen molar-refractivity contribution in [3.63, 3.8) is 0 Å². The van der Waals surface area contributed by atoms with Gasteiger partial charge in [-0.3, -0.25) is 4.79 Å². The molecule has 2 heterocycles. The molecule has 0 aliphatic heterocycles. The summed E-state index contributed by atoms with van der Waals surface area (Å²) in [5.74, 6) is -0.887. The maximum absolute atomic E-state index is 13.9. The van der Waals surface area contributed by atoms with Crippen LogP contribution in [0.5, 0.6) is 5.88 Å². The van der Waals surface area contributed by atoms with Crippen LogP contribution in [-0.4, -0.2) is 48.5 Å².